The number of thiophene rings is 1. The summed E-state index contributed by atoms with van der Waals surface area (Å²) in [5.41, 5.74) is 4.09. The van der Waals surface area contributed by atoms with Crippen molar-refractivity contribution in [2.75, 3.05) is 14.1 Å². The van der Waals surface area contributed by atoms with E-state index < -0.39 is 0 Å². The van der Waals surface area contributed by atoms with E-state index in [0.717, 1.165) is 33.6 Å². The van der Waals surface area contributed by atoms with Crippen LogP contribution in [0.25, 0.3) is 21.8 Å². The molecule has 0 aliphatic carbocycles. The van der Waals surface area contributed by atoms with Crippen molar-refractivity contribution in [1.29, 1.82) is 0 Å². The van der Waals surface area contributed by atoms with E-state index in [1.54, 1.807) is 6.26 Å². The van der Waals surface area contributed by atoms with E-state index in [0.29, 0.717) is 23.0 Å². The Hall–Kier alpha value is -3.03. The minimum Gasteiger partial charge on any atom is -0.461 e. The van der Waals surface area contributed by atoms with Crippen LogP contribution < -0.4 is 5.32 Å². The zero-order chi connectivity index (χ0) is 21.3. The Kier molecular flexibility index (Phi) is 5.65. The zero-order valence-electron chi connectivity index (χ0n) is 17.5. The van der Waals surface area contributed by atoms with Gasteiger partial charge in [0.1, 0.15) is 4.83 Å². The van der Waals surface area contributed by atoms with Gasteiger partial charge >= 0.3 is 0 Å². The van der Waals surface area contributed by atoms with Crippen LogP contribution in [0.5, 0.6) is 0 Å². The maximum atomic E-state index is 13.0. The number of aromatic nitrogens is 2. The van der Waals surface area contributed by atoms with E-state index in [9.17, 15) is 4.79 Å². The zero-order valence-corrected chi connectivity index (χ0v) is 18.3. The molecule has 0 aliphatic heterocycles. The van der Waals surface area contributed by atoms with Crippen LogP contribution in [-0.4, -0.2) is 34.9 Å². The van der Waals surface area contributed by atoms with Gasteiger partial charge in [0.05, 0.1) is 16.8 Å². The molecular weight excluding hydrogens is 396 g/mol. The van der Waals surface area contributed by atoms with Crippen molar-refractivity contribution >= 4 is 27.5 Å². The quantitative estimate of drug-likeness (QED) is 0.495. The van der Waals surface area contributed by atoms with Crippen molar-refractivity contribution < 1.29 is 9.21 Å². The molecule has 0 bridgehead atoms. The Morgan fingerprint density at radius 3 is 2.57 bits per heavy atom. The Labute approximate surface area is 179 Å². The third-order valence-corrected chi connectivity index (χ3v) is 6.15. The molecule has 0 aliphatic rings. The van der Waals surface area contributed by atoms with E-state index in [1.807, 2.05) is 52.2 Å². The fourth-order valence-electron chi connectivity index (χ4n) is 3.55. The highest BCUT2D eigenvalue weighted by atomic mass is 32.1. The number of nitrogens with one attached hydrogen (secondary N) is 1. The molecule has 0 saturated heterocycles. The fourth-order valence-corrected chi connectivity index (χ4v) is 4.70. The molecule has 3 aromatic heterocycles. The molecule has 6 nitrogen and oxygen atoms in total. The van der Waals surface area contributed by atoms with Gasteiger partial charge in [0, 0.05) is 18.5 Å². The Morgan fingerprint density at radius 1 is 1.10 bits per heavy atom. The summed E-state index contributed by atoms with van der Waals surface area (Å²) in [6, 6.07) is 11.8. The first-order valence-corrected chi connectivity index (χ1v) is 10.6. The molecule has 0 unspecified atom stereocenters. The molecule has 154 valence electrons. The number of amides is 1. The van der Waals surface area contributed by atoms with Gasteiger partial charge in [-0.2, -0.15) is 0 Å². The van der Waals surface area contributed by atoms with Crippen molar-refractivity contribution in [1.82, 2.24) is 20.2 Å². The van der Waals surface area contributed by atoms with Crippen molar-refractivity contribution in [2.45, 2.75) is 26.9 Å². The Balaban J connectivity index is 1.60. The lowest BCUT2D eigenvalue weighted by Gasteiger charge is -2.14. The molecule has 3 heterocycles. The third-order valence-electron chi connectivity index (χ3n) is 4.96. The molecule has 0 atom stereocenters. The molecule has 0 saturated carbocycles. The second-order valence-electron chi connectivity index (χ2n) is 7.54. The standard InChI is InChI=1S/C23H24N4O2S/c1-14-19-15(2)25-21(18-10-7-11-29-18)26-23(19)30-20(14)22(28)24-12-16-8-5-6-9-17(16)13-27(3)4/h5-11H,12-13H2,1-4H3,(H,24,28). The summed E-state index contributed by atoms with van der Waals surface area (Å²) in [4.78, 5) is 25.8. The molecule has 4 aromatic rings. The highest BCUT2D eigenvalue weighted by molar-refractivity contribution is 7.20. The maximum Gasteiger partial charge on any atom is 0.261 e. The van der Waals surface area contributed by atoms with Crippen molar-refractivity contribution in [3.63, 3.8) is 0 Å². The highest BCUT2D eigenvalue weighted by Crippen LogP contribution is 2.33. The van der Waals surface area contributed by atoms with Crippen LogP contribution >= 0.6 is 11.3 Å². The van der Waals surface area contributed by atoms with Gasteiger partial charge < -0.3 is 14.6 Å². The van der Waals surface area contributed by atoms with E-state index in [2.05, 4.69) is 32.3 Å². The highest BCUT2D eigenvalue weighted by Gasteiger charge is 2.20. The number of rotatable bonds is 6. The SMILES string of the molecule is Cc1nc(-c2ccco2)nc2sc(C(=O)NCc3ccccc3CN(C)C)c(C)c12. The predicted octanol–water partition coefficient (Wildman–Crippen LogP) is 4.56. The molecule has 1 aromatic carbocycles. The van der Waals surface area contributed by atoms with E-state index in [4.69, 9.17) is 4.42 Å². The lowest BCUT2D eigenvalue weighted by atomic mass is 10.1. The number of carbonyl (C=O) groups excluding carboxylic acids is 1. The fraction of sp³-hybridized carbons (Fsp3) is 0.261. The monoisotopic (exact) mass is 420 g/mol. The first-order chi connectivity index (χ1) is 14.4. The van der Waals surface area contributed by atoms with Gasteiger partial charge in [-0.05, 0) is 56.8 Å². The van der Waals surface area contributed by atoms with Gasteiger partial charge in [0.2, 0.25) is 0 Å². The van der Waals surface area contributed by atoms with Crippen molar-refractivity contribution in [3.8, 4) is 11.6 Å². The third kappa shape index (κ3) is 3.99. The average Bonchev–Trinajstić information content (AvgIpc) is 3.35. The van der Waals surface area contributed by atoms with Crippen LogP contribution in [-0.2, 0) is 13.1 Å². The number of benzene rings is 1. The lowest BCUT2D eigenvalue weighted by Crippen LogP contribution is -2.24. The molecule has 0 radical (unpaired) electrons. The number of nitrogens with zero attached hydrogens (tertiary/aromatic N) is 3. The smallest absolute Gasteiger partial charge is 0.261 e. The molecule has 7 heteroatoms. The number of hydrogen-bond acceptors (Lipinski definition) is 6. The summed E-state index contributed by atoms with van der Waals surface area (Å²) in [6.45, 7) is 5.21. The summed E-state index contributed by atoms with van der Waals surface area (Å²) in [6.07, 6.45) is 1.60. The van der Waals surface area contributed by atoms with Gasteiger partial charge in [-0.15, -0.1) is 11.3 Å². The molecule has 1 amide bonds. The van der Waals surface area contributed by atoms with Gasteiger partial charge in [-0.3, -0.25) is 4.79 Å². The number of hydrogen-bond donors (Lipinski definition) is 1. The molecule has 30 heavy (non-hydrogen) atoms. The summed E-state index contributed by atoms with van der Waals surface area (Å²) in [7, 11) is 4.08. The van der Waals surface area contributed by atoms with Gasteiger partial charge in [-0.25, -0.2) is 9.97 Å². The molecule has 4 rings (SSSR count). The second-order valence-corrected chi connectivity index (χ2v) is 8.53. The van der Waals surface area contributed by atoms with Crippen LogP contribution in [0.4, 0.5) is 0 Å². The first-order valence-electron chi connectivity index (χ1n) is 9.75. The number of furan rings is 1. The second kappa shape index (κ2) is 8.38. The first kappa shape index (κ1) is 20.3. The Bertz CT molecular complexity index is 1200. The van der Waals surface area contributed by atoms with Crippen LogP contribution in [0.15, 0.2) is 47.1 Å². The largest absolute Gasteiger partial charge is 0.461 e. The van der Waals surface area contributed by atoms with Gasteiger partial charge in [-0.1, -0.05) is 24.3 Å². The lowest BCUT2D eigenvalue weighted by molar-refractivity contribution is 0.0954. The number of carbonyl (C=O) groups is 1. The van der Waals surface area contributed by atoms with E-state index in [-0.39, 0.29) is 5.91 Å². The topological polar surface area (TPSA) is 71.3 Å². The van der Waals surface area contributed by atoms with Crippen LogP contribution in [0.1, 0.15) is 32.1 Å². The molecule has 0 spiro atoms. The molecule has 0 fully saturated rings. The summed E-state index contributed by atoms with van der Waals surface area (Å²) in [5.74, 6) is 1.07. The predicted molar refractivity (Wildman–Crippen MR) is 120 cm³/mol. The molecule has 1 N–H and O–H groups in total. The Morgan fingerprint density at radius 2 is 1.87 bits per heavy atom. The van der Waals surface area contributed by atoms with Gasteiger partial charge in [0.15, 0.2) is 11.6 Å². The van der Waals surface area contributed by atoms with Crippen LogP contribution in [0.2, 0.25) is 0 Å². The minimum absolute atomic E-state index is 0.0888. The minimum atomic E-state index is -0.0888. The van der Waals surface area contributed by atoms with E-state index in [1.165, 1.54) is 16.9 Å². The number of fused-ring (bicyclic) bond motifs is 1. The number of aryl methyl sites for hydroxylation is 2. The van der Waals surface area contributed by atoms with Crippen LogP contribution in [0, 0.1) is 13.8 Å². The average molecular weight is 421 g/mol. The van der Waals surface area contributed by atoms with E-state index >= 15 is 0 Å². The summed E-state index contributed by atoms with van der Waals surface area (Å²) in [5, 5.41) is 4.02. The van der Waals surface area contributed by atoms with Gasteiger partial charge in [0.25, 0.3) is 5.91 Å². The van der Waals surface area contributed by atoms with Crippen molar-refractivity contribution in [3.05, 3.63) is 69.9 Å². The van der Waals surface area contributed by atoms with Crippen LogP contribution in [0.3, 0.4) is 0 Å². The normalized spacial score (nSPS) is 11.4. The summed E-state index contributed by atoms with van der Waals surface area (Å²) < 4.78 is 5.43. The summed E-state index contributed by atoms with van der Waals surface area (Å²) >= 11 is 1.39. The van der Waals surface area contributed by atoms with Crippen molar-refractivity contribution in [2.24, 2.45) is 0 Å². The maximum absolute atomic E-state index is 13.0. The molecular formula is C23H24N4O2S.